The van der Waals surface area contributed by atoms with Gasteiger partial charge in [-0.1, -0.05) is 203 Å². The highest BCUT2D eigenvalue weighted by molar-refractivity contribution is 5.46. The van der Waals surface area contributed by atoms with E-state index in [2.05, 4.69) is 62.5 Å². The van der Waals surface area contributed by atoms with Gasteiger partial charge in [0.1, 0.15) is 0 Å². The second-order valence-electron chi connectivity index (χ2n) is 22.9. The van der Waals surface area contributed by atoms with Gasteiger partial charge in [-0.05, 0) is 121 Å². The molecule has 0 aliphatic heterocycles. The van der Waals surface area contributed by atoms with E-state index in [4.69, 9.17) is 4.74 Å². The van der Waals surface area contributed by atoms with Crippen LogP contribution in [0.3, 0.4) is 0 Å². The first-order valence-electron chi connectivity index (χ1n) is 27.9. The summed E-state index contributed by atoms with van der Waals surface area (Å²) in [6, 6.07) is 9.40. The van der Waals surface area contributed by atoms with Crippen molar-refractivity contribution in [2.75, 3.05) is 13.2 Å². The van der Waals surface area contributed by atoms with Crippen LogP contribution < -0.4 is 0 Å². The third kappa shape index (κ3) is 10.9. The summed E-state index contributed by atoms with van der Waals surface area (Å²) in [7, 11) is 0. The molecule has 0 bridgehead atoms. The largest absolute Gasteiger partial charge is 0.380 e. The van der Waals surface area contributed by atoms with E-state index in [0.29, 0.717) is 25.0 Å². The Morgan fingerprint density at radius 1 is 0.448 bits per heavy atom. The quantitative estimate of drug-likeness (QED) is 0.0730. The molecule has 0 amide bonds. The standard InChI is InChI=1S/C62H86F4O/c1-3-5-7-11-17-47-19-23-51(24-20-47)59(35-13-9-14-36-59)61(53-27-29-55(63)57(65)43-53)39-31-49(32-40-61)45-67-46-50-33-41-62(42-34-50,54-28-30-56(64)58(66)44-54)60(37-15-10-16-38-60)52-25-21-48(22-26-52)18-12-8-6-4-2/h27-34,39-44,47-52H,3-26,35-38,45-46H2,1-2H3/t47-,48-,49-,50-,51-,52-,61+,62+. The molecule has 4 saturated carbocycles. The lowest BCUT2D eigenvalue weighted by molar-refractivity contribution is 0.00995. The van der Waals surface area contributed by atoms with Gasteiger partial charge < -0.3 is 4.74 Å². The molecule has 67 heavy (non-hydrogen) atoms. The number of hydrogen-bond donors (Lipinski definition) is 0. The van der Waals surface area contributed by atoms with Crippen molar-refractivity contribution in [3.8, 4) is 0 Å². The van der Waals surface area contributed by atoms with E-state index in [1.807, 2.05) is 12.1 Å². The van der Waals surface area contributed by atoms with Crippen LogP contribution in [0.1, 0.15) is 205 Å². The highest BCUT2D eigenvalue weighted by Crippen LogP contribution is 2.63. The van der Waals surface area contributed by atoms with Gasteiger partial charge in [-0.25, -0.2) is 17.6 Å². The Hall–Kier alpha value is -2.92. The van der Waals surface area contributed by atoms with E-state index in [9.17, 15) is 8.78 Å². The van der Waals surface area contributed by atoms with Crippen molar-refractivity contribution in [3.05, 3.63) is 119 Å². The number of halogens is 4. The molecule has 0 heterocycles. The smallest absolute Gasteiger partial charge is 0.159 e. The topological polar surface area (TPSA) is 9.23 Å². The van der Waals surface area contributed by atoms with Crippen LogP contribution in [0.15, 0.2) is 85.0 Å². The minimum absolute atomic E-state index is 0.0393. The molecule has 2 aromatic rings. The van der Waals surface area contributed by atoms with Gasteiger partial charge >= 0.3 is 0 Å². The summed E-state index contributed by atoms with van der Waals surface area (Å²) in [6.07, 6.45) is 53.7. The molecule has 0 radical (unpaired) electrons. The Balaban J connectivity index is 0.976. The van der Waals surface area contributed by atoms with E-state index in [1.54, 1.807) is 0 Å². The van der Waals surface area contributed by atoms with Gasteiger partial charge in [0.2, 0.25) is 0 Å². The third-order valence-electron chi connectivity index (χ3n) is 19.2. The summed E-state index contributed by atoms with van der Waals surface area (Å²) in [5, 5.41) is 0. The van der Waals surface area contributed by atoms with Crippen LogP contribution >= 0.6 is 0 Å². The van der Waals surface area contributed by atoms with E-state index < -0.39 is 34.1 Å². The Morgan fingerprint density at radius 2 is 0.821 bits per heavy atom. The Labute approximate surface area is 404 Å². The Bertz CT molecular complexity index is 1810. The lowest BCUT2D eigenvalue weighted by Crippen LogP contribution is -2.51. The molecule has 0 saturated heterocycles. The first-order valence-corrected chi connectivity index (χ1v) is 27.9. The van der Waals surface area contributed by atoms with Crippen molar-refractivity contribution in [2.24, 2.45) is 46.3 Å². The first-order chi connectivity index (χ1) is 32.7. The molecule has 368 valence electrons. The number of ether oxygens (including phenoxy) is 1. The normalized spacial score (nSPS) is 31.6. The molecule has 2 aromatic carbocycles. The third-order valence-corrected chi connectivity index (χ3v) is 19.2. The van der Waals surface area contributed by atoms with E-state index in [-0.39, 0.29) is 22.7 Å². The van der Waals surface area contributed by atoms with Crippen LogP contribution in [0.4, 0.5) is 17.6 Å². The van der Waals surface area contributed by atoms with Crippen LogP contribution in [0.2, 0.25) is 0 Å². The fourth-order valence-electron chi connectivity index (χ4n) is 15.4. The Morgan fingerprint density at radius 3 is 1.16 bits per heavy atom. The minimum atomic E-state index is -0.785. The molecule has 5 heteroatoms. The van der Waals surface area contributed by atoms with Crippen molar-refractivity contribution in [2.45, 2.75) is 204 Å². The minimum Gasteiger partial charge on any atom is -0.380 e. The van der Waals surface area contributed by atoms with Crippen molar-refractivity contribution in [1.29, 1.82) is 0 Å². The molecule has 1 nitrogen and oxygen atoms in total. The monoisotopic (exact) mass is 923 g/mol. The fourth-order valence-corrected chi connectivity index (χ4v) is 15.4. The second-order valence-corrected chi connectivity index (χ2v) is 22.9. The molecule has 0 N–H and O–H groups in total. The summed E-state index contributed by atoms with van der Waals surface area (Å²) in [4.78, 5) is 0. The average molecular weight is 923 g/mol. The van der Waals surface area contributed by atoms with Crippen molar-refractivity contribution >= 4 is 0 Å². The zero-order chi connectivity index (χ0) is 46.7. The average Bonchev–Trinajstić information content (AvgIpc) is 3.37. The zero-order valence-corrected chi connectivity index (χ0v) is 41.7. The zero-order valence-electron chi connectivity index (χ0n) is 41.7. The van der Waals surface area contributed by atoms with Gasteiger partial charge in [-0.3, -0.25) is 0 Å². The van der Waals surface area contributed by atoms with Crippen molar-refractivity contribution in [1.82, 2.24) is 0 Å². The van der Waals surface area contributed by atoms with Crippen LogP contribution in [0.5, 0.6) is 0 Å². The van der Waals surface area contributed by atoms with E-state index in [1.165, 1.54) is 178 Å². The molecule has 8 rings (SSSR count). The van der Waals surface area contributed by atoms with Gasteiger partial charge in [0.15, 0.2) is 23.3 Å². The molecule has 0 unspecified atom stereocenters. The summed E-state index contributed by atoms with van der Waals surface area (Å²) in [5.74, 6) is -0.238. The summed E-state index contributed by atoms with van der Waals surface area (Å²) in [6.45, 7) is 5.64. The fraction of sp³-hybridized carbons (Fsp3) is 0.677. The van der Waals surface area contributed by atoms with E-state index >= 15 is 8.78 Å². The predicted octanol–water partition coefficient (Wildman–Crippen LogP) is 18.4. The van der Waals surface area contributed by atoms with Gasteiger partial charge in [0.25, 0.3) is 0 Å². The van der Waals surface area contributed by atoms with Crippen LogP contribution in [-0.2, 0) is 15.6 Å². The highest BCUT2D eigenvalue weighted by Gasteiger charge is 2.56. The maximum atomic E-state index is 15.3. The van der Waals surface area contributed by atoms with Crippen LogP contribution in [0, 0.1) is 69.6 Å². The SMILES string of the molecule is CCCCCC[C@H]1CC[C@H](C2([C@]3(c4ccc(F)c(F)c4)C=C[C@H](COC[C@H]4C=C[C@@](c5ccc(F)c(F)c5)(C5([C@H]6CC[C@H](CCCCCC)CC6)CCCCC5)C=C4)C=C3)CCCCC2)CC1. The van der Waals surface area contributed by atoms with Gasteiger partial charge in [-0.2, -0.15) is 0 Å². The number of rotatable bonds is 20. The summed E-state index contributed by atoms with van der Waals surface area (Å²) in [5.41, 5.74) is 0.686. The Kier molecular flexibility index (Phi) is 17.6. The van der Waals surface area contributed by atoms with Crippen LogP contribution in [-0.4, -0.2) is 13.2 Å². The molecular formula is C62H86F4O. The van der Waals surface area contributed by atoms with Gasteiger partial charge in [0.05, 0.1) is 13.2 Å². The van der Waals surface area contributed by atoms with Crippen LogP contribution in [0.25, 0.3) is 0 Å². The predicted molar refractivity (Wildman–Crippen MR) is 270 cm³/mol. The highest BCUT2D eigenvalue weighted by atomic mass is 19.2. The molecular weight excluding hydrogens is 837 g/mol. The number of unbranched alkanes of at least 4 members (excludes halogenated alkanes) is 6. The van der Waals surface area contributed by atoms with Crippen molar-refractivity contribution < 1.29 is 22.3 Å². The maximum Gasteiger partial charge on any atom is 0.159 e. The second kappa shape index (κ2) is 23.3. The van der Waals surface area contributed by atoms with E-state index in [0.717, 1.165) is 48.6 Å². The molecule has 0 atom stereocenters. The number of allylic oxidation sites excluding steroid dienone is 4. The molecule has 6 aliphatic rings. The lowest BCUT2D eigenvalue weighted by atomic mass is 9.46. The van der Waals surface area contributed by atoms with Crippen molar-refractivity contribution in [3.63, 3.8) is 0 Å². The molecule has 6 aliphatic carbocycles. The van der Waals surface area contributed by atoms with Gasteiger partial charge in [0, 0.05) is 22.7 Å². The molecule has 4 fully saturated rings. The molecule has 0 aromatic heterocycles. The lowest BCUT2D eigenvalue weighted by Gasteiger charge is -2.57. The summed E-state index contributed by atoms with van der Waals surface area (Å²) < 4.78 is 66.3. The summed E-state index contributed by atoms with van der Waals surface area (Å²) >= 11 is 0. The maximum absolute atomic E-state index is 15.3. The number of benzene rings is 2. The number of hydrogen-bond acceptors (Lipinski definition) is 1. The molecule has 0 spiro atoms. The van der Waals surface area contributed by atoms with Gasteiger partial charge in [-0.15, -0.1) is 0 Å². The first kappa shape index (κ1) is 50.5.